The van der Waals surface area contributed by atoms with Crippen molar-refractivity contribution in [2.45, 2.75) is 18.0 Å². The van der Waals surface area contributed by atoms with Gasteiger partial charge in [0.1, 0.15) is 6.61 Å². The summed E-state index contributed by atoms with van der Waals surface area (Å²) in [6.07, 6.45) is -6.60. The molecule has 0 unspecified atom stereocenters. The van der Waals surface area contributed by atoms with Crippen LogP contribution in [0.2, 0.25) is 0 Å². The van der Waals surface area contributed by atoms with Crippen molar-refractivity contribution in [1.29, 1.82) is 0 Å². The van der Waals surface area contributed by atoms with E-state index in [1.807, 2.05) is 0 Å². The highest BCUT2D eigenvalue weighted by Crippen LogP contribution is 2.46. The number of halogens is 7. The van der Waals surface area contributed by atoms with Gasteiger partial charge in [-0.05, 0) is 0 Å². The summed E-state index contributed by atoms with van der Waals surface area (Å²) in [5, 5.41) is 0. The van der Waals surface area contributed by atoms with E-state index in [1.165, 1.54) is 7.11 Å². The maximum absolute atomic E-state index is 12.9. The van der Waals surface area contributed by atoms with Gasteiger partial charge in [-0.15, -0.1) is 0 Å². The van der Waals surface area contributed by atoms with Crippen LogP contribution in [-0.4, -0.2) is 84.0 Å². The Kier molecular flexibility index (Phi) is 11.0. The second-order valence-corrected chi connectivity index (χ2v) is 4.61. The molecule has 0 amide bonds. The Morgan fingerprint density at radius 3 is 1.46 bits per heavy atom. The average molecular weight is 404 g/mol. The van der Waals surface area contributed by atoms with Crippen molar-refractivity contribution in [3.8, 4) is 0 Å². The lowest BCUT2D eigenvalue weighted by molar-refractivity contribution is -0.348. The van der Waals surface area contributed by atoms with E-state index in [0.717, 1.165) is 0 Å². The van der Waals surface area contributed by atoms with Gasteiger partial charge in [0.15, 0.2) is 0 Å². The second kappa shape index (κ2) is 11.5. The highest BCUT2D eigenvalue weighted by Gasteiger charge is 2.77. The number of alkyl halides is 7. The number of ether oxygens (including phenoxy) is 5. The topological polar surface area (TPSA) is 63.2 Å². The molecular formula is C13H19F7O6. The number of carbonyl (C=O) groups is 1. The van der Waals surface area contributed by atoms with Gasteiger partial charge in [0.2, 0.25) is 0 Å². The van der Waals surface area contributed by atoms with Gasteiger partial charge < -0.3 is 23.7 Å². The maximum Gasteiger partial charge on any atom is 0.460 e. The lowest BCUT2D eigenvalue weighted by Gasteiger charge is -2.26. The maximum atomic E-state index is 12.9. The van der Waals surface area contributed by atoms with Crippen LogP contribution >= 0.6 is 0 Å². The zero-order valence-corrected chi connectivity index (χ0v) is 13.8. The molecule has 0 aromatic heterocycles. The highest BCUT2D eigenvalue weighted by atomic mass is 19.4. The van der Waals surface area contributed by atoms with Crippen molar-refractivity contribution < 1.29 is 59.2 Å². The molecule has 156 valence electrons. The average Bonchev–Trinajstić information content (AvgIpc) is 2.54. The summed E-state index contributed by atoms with van der Waals surface area (Å²) in [5.41, 5.74) is 0. The minimum Gasteiger partial charge on any atom is -0.459 e. The van der Waals surface area contributed by atoms with Gasteiger partial charge in [-0.2, -0.15) is 30.7 Å². The Morgan fingerprint density at radius 2 is 1.08 bits per heavy atom. The smallest absolute Gasteiger partial charge is 0.459 e. The first-order chi connectivity index (χ1) is 12.0. The van der Waals surface area contributed by atoms with Gasteiger partial charge >= 0.3 is 24.0 Å². The summed E-state index contributed by atoms with van der Waals surface area (Å²) in [5.74, 6) is -15.6. The SMILES string of the molecule is COCCOCCOCCOCCOC(=O)C(F)(F)C(F)(F)C(F)(F)F. The molecule has 0 aliphatic heterocycles. The molecule has 0 radical (unpaired) electrons. The van der Waals surface area contributed by atoms with E-state index >= 15 is 0 Å². The van der Waals surface area contributed by atoms with Gasteiger partial charge in [-0.3, -0.25) is 0 Å². The van der Waals surface area contributed by atoms with Gasteiger partial charge in [0.05, 0.1) is 46.2 Å². The molecule has 0 aliphatic rings. The van der Waals surface area contributed by atoms with Crippen LogP contribution in [0.25, 0.3) is 0 Å². The third-order valence-electron chi connectivity index (χ3n) is 2.64. The van der Waals surface area contributed by atoms with Gasteiger partial charge in [-0.1, -0.05) is 0 Å². The van der Waals surface area contributed by atoms with E-state index < -0.39 is 37.2 Å². The molecule has 0 saturated carbocycles. The zero-order chi connectivity index (χ0) is 20.3. The van der Waals surface area contributed by atoms with E-state index in [9.17, 15) is 35.5 Å². The van der Waals surface area contributed by atoms with E-state index in [0.29, 0.717) is 19.8 Å². The lowest BCUT2D eigenvalue weighted by atomic mass is 10.1. The summed E-state index contributed by atoms with van der Waals surface area (Å²) in [7, 11) is 1.51. The Bertz CT molecular complexity index is 403. The Balaban J connectivity index is 3.83. The molecule has 0 spiro atoms. The number of hydrogen-bond acceptors (Lipinski definition) is 6. The van der Waals surface area contributed by atoms with Gasteiger partial charge in [-0.25, -0.2) is 4.79 Å². The van der Waals surface area contributed by atoms with Crippen molar-refractivity contribution in [2.24, 2.45) is 0 Å². The monoisotopic (exact) mass is 404 g/mol. The lowest BCUT2D eigenvalue weighted by Crippen LogP contribution is -2.56. The molecule has 0 fully saturated rings. The summed E-state index contributed by atoms with van der Waals surface area (Å²) in [4.78, 5) is 10.8. The third-order valence-corrected chi connectivity index (χ3v) is 2.64. The fourth-order valence-corrected chi connectivity index (χ4v) is 1.27. The predicted octanol–water partition coefficient (Wildman–Crippen LogP) is 2.06. The normalized spacial score (nSPS) is 13.1. The fourth-order valence-electron chi connectivity index (χ4n) is 1.27. The van der Waals surface area contributed by atoms with Crippen LogP contribution in [0.1, 0.15) is 0 Å². The van der Waals surface area contributed by atoms with E-state index in [2.05, 4.69) is 4.74 Å². The molecule has 0 heterocycles. The third kappa shape index (κ3) is 8.01. The fraction of sp³-hybridized carbons (Fsp3) is 0.923. The van der Waals surface area contributed by atoms with Crippen LogP contribution in [-0.2, 0) is 28.5 Å². The van der Waals surface area contributed by atoms with Crippen LogP contribution in [0.3, 0.4) is 0 Å². The van der Waals surface area contributed by atoms with E-state index in [4.69, 9.17) is 18.9 Å². The van der Waals surface area contributed by atoms with Crippen molar-refractivity contribution in [3.63, 3.8) is 0 Å². The summed E-state index contributed by atoms with van der Waals surface area (Å²) < 4.78 is 110. The minimum atomic E-state index is -6.60. The number of esters is 1. The molecule has 0 aromatic rings. The predicted molar refractivity (Wildman–Crippen MR) is 71.2 cm³/mol. The Morgan fingerprint density at radius 1 is 0.692 bits per heavy atom. The molecule has 26 heavy (non-hydrogen) atoms. The highest BCUT2D eigenvalue weighted by molar-refractivity contribution is 5.79. The van der Waals surface area contributed by atoms with Crippen LogP contribution in [0, 0.1) is 0 Å². The van der Waals surface area contributed by atoms with Crippen LogP contribution in [0.15, 0.2) is 0 Å². The van der Waals surface area contributed by atoms with E-state index in [1.54, 1.807) is 0 Å². The summed E-state index contributed by atoms with van der Waals surface area (Å²) in [6, 6.07) is 0. The molecule has 0 atom stereocenters. The summed E-state index contributed by atoms with van der Waals surface area (Å²) in [6.45, 7) is -0.0516. The molecule has 0 rings (SSSR count). The summed E-state index contributed by atoms with van der Waals surface area (Å²) >= 11 is 0. The molecule has 0 saturated heterocycles. The minimum absolute atomic E-state index is 0.0509. The standard InChI is InChI=1S/C13H19F7O6/c1-22-2-3-23-4-5-24-6-7-25-8-9-26-10(21)11(14,15)12(16,17)13(18,19)20/h2-9H2,1H3. The number of methoxy groups -OCH3 is 1. The van der Waals surface area contributed by atoms with Gasteiger partial charge in [0, 0.05) is 7.11 Å². The number of hydrogen-bond donors (Lipinski definition) is 0. The van der Waals surface area contributed by atoms with Crippen molar-refractivity contribution >= 4 is 5.97 Å². The van der Waals surface area contributed by atoms with Crippen LogP contribution < -0.4 is 0 Å². The largest absolute Gasteiger partial charge is 0.460 e. The molecule has 0 bridgehead atoms. The molecule has 13 heteroatoms. The molecule has 0 aromatic carbocycles. The zero-order valence-electron chi connectivity index (χ0n) is 13.8. The molecule has 6 nitrogen and oxygen atoms in total. The Hall–Kier alpha value is -1.18. The molecule has 0 N–H and O–H groups in total. The first-order valence-electron chi connectivity index (χ1n) is 7.20. The molecular weight excluding hydrogens is 385 g/mol. The first-order valence-corrected chi connectivity index (χ1v) is 7.20. The van der Waals surface area contributed by atoms with Crippen LogP contribution in [0.4, 0.5) is 30.7 Å². The Labute approximate surface area is 144 Å². The van der Waals surface area contributed by atoms with Gasteiger partial charge in [0.25, 0.3) is 0 Å². The number of rotatable bonds is 14. The second-order valence-electron chi connectivity index (χ2n) is 4.61. The molecule has 0 aliphatic carbocycles. The van der Waals surface area contributed by atoms with Crippen molar-refractivity contribution in [3.05, 3.63) is 0 Å². The van der Waals surface area contributed by atoms with Crippen molar-refractivity contribution in [2.75, 3.05) is 60.0 Å². The first kappa shape index (κ1) is 24.8. The quantitative estimate of drug-likeness (QED) is 0.251. The van der Waals surface area contributed by atoms with Crippen molar-refractivity contribution in [1.82, 2.24) is 0 Å². The van der Waals surface area contributed by atoms with E-state index in [-0.39, 0.29) is 19.8 Å². The number of carbonyl (C=O) groups excluding carboxylic acids is 1. The van der Waals surface area contributed by atoms with Crippen LogP contribution in [0.5, 0.6) is 0 Å².